The summed E-state index contributed by atoms with van der Waals surface area (Å²) in [4.78, 5) is 12.8. The molecule has 170 valence electrons. The molecule has 0 spiro atoms. The maximum absolute atomic E-state index is 12.6. The fourth-order valence-corrected chi connectivity index (χ4v) is 5.63. The zero-order valence-electron chi connectivity index (χ0n) is 18.0. The molecule has 0 radical (unpaired) electrons. The maximum Gasteiger partial charge on any atom is 0.287 e. The van der Waals surface area contributed by atoms with Gasteiger partial charge in [0.2, 0.25) is 10.0 Å². The minimum Gasteiger partial charge on any atom is -0.492 e. The van der Waals surface area contributed by atoms with E-state index in [2.05, 4.69) is 5.32 Å². The van der Waals surface area contributed by atoms with Crippen molar-refractivity contribution in [3.8, 4) is 5.75 Å². The Labute approximate surface area is 192 Å². The molecule has 0 bridgehead atoms. The summed E-state index contributed by atoms with van der Waals surface area (Å²) in [7, 11) is -3.44. The first kappa shape index (κ1) is 21.5. The van der Waals surface area contributed by atoms with Crippen LogP contribution >= 0.6 is 0 Å². The minimum atomic E-state index is -3.44. The number of hydrogen-bond acceptors (Lipinski definition) is 5. The molecule has 7 nitrogen and oxygen atoms in total. The lowest BCUT2D eigenvalue weighted by Crippen LogP contribution is -2.28. The molecule has 1 amide bonds. The lowest BCUT2D eigenvalue weighted by atomic mass is 10.1. The van der Waals surface area contributed by atoms with Crippen molar-refractivity contribution in [3.63, 3.8) is 0 Å². The number of nitrogens with zero attached hydrogens (tertiary/aromatic N) is 1. The molecule has 0 atom stereocenters. The number of rotatable bonds is 7. The van der Waals surface area contributed by atoms with Crippen LogP contribution in [0.15, 0.2) is 76.0 Å². The Morgan fingerprint density at radius 1 is 0.970 bits per heavy atom. The number of sulfonamides is 1. The first-order valence-electron chi connectivity index (χ1n) is 10.9. The molecule has 1 aliphatic rings. The second-order valence-corrected chi connectivity index (χ2v) is 9.93. The summed E-state index contributed by atoms with van der Waals surface area (Å²) in [5, 5.41) is 5.82. The van der Waals surface area contributed by atoms with Crippen LogP contribution in [0.4, 0.5) is 0 Å². The SMILES string of the molecule is O=C(NCCOc1ccc(S(=O)(=O)N2CCCC2)cc1)c1cc2c(ccc3ccccc32)o1. The Morgan fingerprint density at radius 2 is 1.73 bits per heavy atom. The van der Waals surface area contributed by atoms with Crippen molar-refractivity contribution >= 4 is 37.7 Å². The highest BCUT2D eigenvalue weighted by Crippen LogP contribution is 2.28. The number of furan rings is 1. The molecular weight excluding hydrogens is 440 g/mol. The number of ether oxygens (including phenoxy) is 1. The van der Waals surface area contributed by atoms with Crippen molar-refractivity contribution in [2.45, 2.75) is 17.7 Å². The summed E-state index contributed by atoms with van der Waals surface area (Å²) in [5.74, 6) is 0.476. The Balaban J connectivity index is 1.17. The Kier molecular flexibility index (Phi) is 5.78. The largest absolute Gasteiger partial charge is 0.492 e. The summed E-state index contributed by atoms with van der Waals surface area (Å²) < 4.78 is 38.1. The molecule has 1 aliphatic heterocycles. The molecule has 1 N–H and O–H groups in total. The number of carbonyl (C=O) groups excluding carboxylic acids is 1. The van der Waals surface area contributed by atoms with Crippen molar-refractivity contribution in [2.75, 3.05) is 26.2 Å². The van der Waals surface area contributed by atoms with Crippen molar-refractivity contribution in [1.82, 2.24) is 9.62 Å². The van der Waals surface area contributed by atoms with Crippen LogP contribution in [0.1, 0.15) is 23.4 Å². The third-order valence-corrected chi connectivity index (χ3v) is 7.75. The molecule has 1 saturated heterocycles. The molecule has 5 rings (SSSR count). The van der Waals surface area contributed by atoms with Crippen LogP contribution in [0.2, 0.25) is 0 Å². The molecule has 0 saturated carbocycles. The third-order valence-electron chi connectivity index (χ3n) is 5.83. The van der Waals surface area contributed by atoms with E-state index in [1.54, 1.807) is 30.3 Å². The number of benzene rings is 3. The average Bonchev–Trinajstić information content (AvgIpc) is 3.53. The van der Waals surface area contributed by atoms with Gasteiger partial charge in [-0.15, -0.1) is 0 Å². The molecule has 1 fully saturated rings. The second kappa shape index (κ2) is 8.88. The van der Waals surface area contributed by atoms with Gasteiger partial charge in [-0.25, -0.2) is 8.42 Å². The first-order valence-corrected chi connectivity index (χ1v) is 12.4. The molecule has 4 aromatic rings. The van der Waals surface area contributed by atoms with Crippen LogP contribution in [0, 0.1) is 0 Å². The monoisotopic (exact) mass is 464 g/mol. The van der Waals surface area contributed by atoms with Gasteiger partial charge in [-0.2, -0.15) is 4.31 Å². The van der Waals surface area contributed by atoms with E-state index < -0.39 is 10.0 Å². The number of fused-ring (bicyclic) bond motifs is 3. The Bertz CT molecular complexity index is 1400. The summed E-state index contributed by atoms with van der Waals surface area (Å²) in [6, 6.07) is 19.9. The Hall–Kier alpha value is -3.36. The lowest BCUT2D eigenvalue weighted by molar-refractivity contribution is 0.0921. The van der Waals surface area contributed by atoms with Gasteiger partial charge in [0, 0.05) is 18.5 Å². The van der Waals surface area contributed by atoms with E-state index in [1.807, 2.05) is 36.4 Å². The fourth-order valence-electron chi connectivity index (χ4n) is 4.11. The van der Waals surface area contributed by atoms with E-state index in [0.717, 1.165) is 29.0 Å². The molecule has 8 heteroatoms. The zero-order chi connectivity index (χ0) is 22.8. The van der Waals surface area contributed by atoms with Gasteiger partial charge in [-0.05, 0) is 60.0 Å². The van der Waals surface area contributed by atoms with Crippen molar-refractivity contribution < 1.29 is 22.4 Å². The quantitative estimate of drug-likeness (QED) is 0.415. The summed E-state index contributed by atoms with van der Waals surface area (Å²) >= 11 is 0. The molecule has 0 unspecified atom stereocenters. The first-order chi connectivity index (χ1) is 16.0. The van der Waals surface area contributed by atoms with Crippen LogP contribution in [0.5, 0.6) is 5.75 Å². The summed E-state index contributed by atoms with van der Waals surface area (Å²) in [6.45, 7) is 1.67. The summed E-state index contributed by atoms with van der Waals surface area (Å²) in [5.41, 5.74) is 0.666. The predicted octanol–water partition coefficient (Wildman–Crippen LogP) is 4.18. The van der Waals surface area contributed by atoms with E-state index in [0.29, 0.717) is 24.4 Å². The van der Waals surface area contributed by atoms with Crippen molar-refractivity contribution in [3.05, 3.63) is 72.5 Å². The molecule has 33 heavy (non-hydrogen) atoms. The van der Waals surface area contributed by atoms with Crippen LogP contribution in [-0.4, -0.2) is 44.9 Å². The van der Waals surface area contributed by atoms with Crippen LogP contribution in [-0.2, 0) is 10.0 Å². The van der Waals surface area contributed by atoms with E-state index in [1.165, 1.54) is 4.31 Å². The highest BCUT2D eigenvalue weighted by molar-refractivity contribution is 7.89. The van der Waals surface area contributed by atoms with Gasteiger partial charge < -0.3 is 14.5 Å². The van der Waals surface area contributed by atoms with E-state index in [4.69, 9.17) is 9.15 Å². The fraction of sp³-hybridized carbons (Fsp3) is 0.240. The lowest BCUT2D eigenvalue weighted by Gasteiger charge is -2.15. The van der Waals surface area contributed by atoms with E-state index in [-0.39, 0.29) is 29.7 Å². The molecule has 2 heterocycles. The predicted molar refractivity (Wildman–Crippen MR) is 126 cm³/mol. The third kappa shape index (κ3) is 4.31. The maximum atomic E-state index is 12.6. The van der Waals surface area contributed by atoms with Crippen LogP contribution < -0.4 is 10.1 Å². The number of nitrogens with one attached hydrogen (secondary N) is 1. The van der Waals surface area contributed by atoms with Crippen molar-refractivity contribution in [2.24, 2.45) is 0 Å². The van der Waals surface area contributed by atoms with Gasteiger partial charge in [0.05, 0.1) is 11.4 Å². The molecular formula is C25H24N2O5S. The highest BCUT2D eigenvalue weighted by Gasteiger charge is 2.26. The topological polar surface area (TPSA) is 88.8 Å². The highest BCUT2D eigenvalue weighted by atomic mass is 32.2. The van der Waals surface area contributed by atoms with Crippen molar-refractivity contribution in [1.29, 1.82) is 0 Å². The second-order valence-electron chi connectivity index (χ2n) is 8.00. The van der Waals surface area contributed by atoms with Gasteiger partial charge >= 0.3 is 0 Å². The average molecular weight is 465 g/mol. The van der Waals surface area contributed by atoms with Crippen LogP contribution in [0.3, 0.4) is 0 Å². The van der Waals surface area contributed by atoms with Gasteiger partial charge in [0.1, 0.15) is 17.9 Å². The molecule has 0 aliphatic carbocycles. The smallest absolute Gasteiger partial charge is 0.287 e. The number of amides is 1. The molecule has 3 aromatic carbocycles. The van der Waals surface area contributed by atoms with E-state index in [9.17, 15) is 13.2 Å². The minimum absolute atomic E-state index is 0.243. The zero-order valence-corrected chi connectivity index (χ0v) is 18.8. The molecule has 1 aromatic heterocycles. The van der Waals surface area contributed by atoms with Gasteiger partial charge in [-0.3, -0.25) is 4.79 Å². The number of hydrogen-bond donors (Lipinski definition) is 1. The number of carbonyl (C=O) groups is 1. The normalized spacial score (nSPS) is 14.7. The van der Waals surface area contributed by atoms with Gasteiger partial charge in [-0.1, -0.05) is 30.3 Å². The summed E-state index contributed by atoms with van der Waals surface area (Å²) in [6.07, 6.45) is 1.80. The van der Waals surface area contributed by atoms with Gasteiger partial charge in [0.25, 0.3) is 5.91 Å². The van der Waals surface area contributed by atoms with Gasteiger partial charge in [0.15, 0.2) is 5.76 Å². The Morgan fingerprint density at radius 3 is 2.52 bits per heavy atom. The van der Waals surface area contributed by atoms with Crippen LogP contribution in [0.25, 0.3) is 21.7 Å². The van der Waals surface area contributed by atoms with E-state index >= 15 is 0 Å². The standard InChI is InChI=1S/C25H24N2O5S/c28-25(24-17-22-21-6-2-1-5-18(21)7-12-23(22)32-24)26-13-16-31-19-8-10-20(11-9-19)33(29,30)27-14-3-4-15-27/h1-2,5-12,17H,3-4,13-16H2,(H,26,28).